The van der Waals surface area contributed by atoms with Crippen LogP contribution >= 0.6 is 24.0 Å². The summed E-state index contributed by atoms with van der Waals surface area (Å²) in [7, 11) is 5.20. The van der Waals surface area contributed by atoms with Gasteiger partial charge in [-0.3, -0.25) is 9.89 Å². The molecule has 3 rings (SSSR count). The third-order valence-electron chi connectivity index (χ3n) is 5.75. The van der Waals surface area contributed by atoms with Gasteiger partial charge in [0.05, 0.1) is 33.5 Å². The summed E-state index contributed by atoms with van der Waals surface area (Å²) < 4.78 is 16.8. The predicted octanol–water partition coefficient (Wildman–Crippen LogP) is 3.84. The molecule has 0 aliphatic carbocycles. The van der Waals surface area contributed by atoms with E-state index in [0.29, 0.717) is 19.8 Å². The number of guanidine groups is 1. The van der Waals surface area contributed by atoms with Crippen LogP contribution in [0.2, 0.25) is 0 Å². The Labute approximate surface area is 214 Å². The van der Waals surface area contributed by atoms with Gasteiger partial charge in [0, 0.05) is 31.3 Å². The zero-order chi connectivity index (χ0) is 22.6. The fourth-order valence-corrected chi connectivity index (χ4v) is 4.09. The minimum absolute atomic E-state index is 0. The van der Waals surface area contributed by atoms with Crippen LogP contribution in [0.5, 0.6) is 11.5 Å². The smallest absolute Gasteiger partial charge is 0.191 e. The summed E-state index contributed by atoms with van der Waals surface area (Å²) in [5.41, 5.74) is 2.25. The molecule has 2 aromatic carbocycles. The van der Waals surface area contributed by atoms with E-state index < -0.39 is 0 Å². The molecule has 0 saturated carbocycles. The van der Waals surface area contributed by atoms with Crippen LogP contribution in [-0.2, 0) is 11.3 Å². The summed E-state index contributed by atoms with van der Waals surface area (Å²) in [6.07, 6.45) is 2.48. The lowest BCUT2D eigenvalue weighted by molar-refractivity contribution is 0.123. The second kappa shape index (κ2) is 15.0. The van der Waals surface area contributed by atoms with Gasteiger partial charge >= 0.3 is 0 Å². The van der Waals surface area contributed by atoms with Crippen molar-refractivity contribution in [1.82, 2.24) is 15.5 Å². The number of benzene rings is 2. The van der Waals surface area contributed by atoms with Crippen molar-refractivity contribution in [3.8, 4) is 11.5 Å². The molecule has 2 N–H and O–H groups in total. The van der Waals surface area contributed by atoms with Gasteiger partial charge in [0.2, 0.25) is 0 Å². The second-order valence-electron chi connectivity index (χ2n) is 7.75. The number of likely N-dealkylation sites (tertiary alicyclic amines) is 1. The highest BCUT2D eigenvalue weighted by Crippen LogP contribution is 2.31. The summed E-state index contributed by atoms with van der Waals surface area (Å²) in [4.78, 5) is 6.90. The molecule has 1 unspecified atom stereocenters. The Morgan fingerprint density at radius 3 is 2.33 bits per heavy atom. The van der Waals surface area contributed by atoms with Crippen LogP contribution in [0.4, 0.5) is 0 Å². The Morgan fingerprint density at radius 2 is 1.64 bits per heavy atom. The van der Waals surface area contributed by atoms with Crippen molar-refractivity contribution < 1.29 is 14.2 Å². The Morgan fingerprint density at radius 1 is 0.970 bits per heavy atom. The van der Waals surface area contributed by atoms with Gasteiger partial charge in [-0.25, -0.2) is 0 Å². The number of aliphatic imine (C=N–C) groups is 1. The molecule has 7 nitrogen and oxygen atoms in total. The van der Waals surface area contributed by atoms with Gasteiger partial charge in [0.1, 0.15) is 11.5 Å². The number of halogens is 1. The van der Waals surface area contributed by atoms with Crippen molar-refractivity contribution >= 4 is 29.9 Å². The van der Waals surface area contributed by atoms with Gasteiger partial charge < -0.3 is 24.8 Å². The van der Waals surface area contributed by atoms with E-state index in [1.54, 1.807) is 21.3 Å². The molecule has 182 valence electrons. The molecule has 8 heteroatoms. The van der Waals surface area contributed by atoms with E-state index >= 15 is 0 Å². The van der Waals surface area contributed by atoms with E-state index in [1.807, 2.05) is 36.4 Å². The van der Waals surface area contributed by atoms with Crippen LogP contribution in [0.1, 0.15) is 30.0 Å². The SMILES string of the molecule is CN=C(NCCOCc1ccccc1OC)NCC(c1ccccc1OC)N1CCCC1.I. The summed E-state index contributed by atoms with van der Waals surface area (Å²) in [5.74, 6) is 2.55. The van der Waals surface area contributed by atoms with E-state index in [2.05, 4.69) is 32.7 Å². The van der Waals surface area contributed by atoms with Crippen LogP contribution in [0.3, 0.4) is 0 Å². The lowest BCUT2D eigenvalue weighted by Gasteiger charge is -2.30. The molecule has 1 aliphatic rings. The highest BCUT2D eigenvalue weighted by Gasteiger charge is 2.26. The van der Waals surface area contributed by atoms with Crippen molar-refractivity contribution in [2.75, 3.05) is 54.1 Å². The maximum Gasteiger partial charge on any atom is 0.191 e. The molecule has 0 radical (unpaired) electrons. The summed E-state index contributed by atoms with van der Waals surface area (Å²) in [6, 6.07) is 16.4. The first kappa shape index (κ1) is 27.2. The molecule has 2 aromatic rings. The van der Waals surface area contributed by atoms with E-state index in [0.717, 1.165) is 42.7 Å². The number of ether oxygens (including phenoxy) is 3. The maximum absolute atomic E-state index is 5.81. The van der Waals surface area contributed by atoms with E-state index in [9.17, 15) is 0 Å². The van der Waals surface area contributed by atoms with Gasteiger partial charge in [-0.15, -0.1) is 24.0 Å². The Hall–Kier alpha value is -2.04. The average Bonchev–Trinajstić information content (AvgIpc) is 3.38. The normalized spacial score (nSPS) is 14.9. The second-order valence-corrected chi connectivity index (χ2v) is 7.75. The van der Waals surface area contributed by atoms with Crippen molar-refractivity contribution in [2.24, 2.45) is 4.99 Å². The molecular formula is C25H37IN4O3. The van der Waals surface area contributed by atoms with E-state index in [1.165, 1.54) is 18.4 Å². The van der Waals surface area contributed by atoms with Gasteiger partial charge in [-0.05, 0) is 38.1 Å². The minimum atomic E-state index is 0. The number of nitrogens with zero attached hydrogens (tertiary/aromatic N) is 2. The fraction of sp³-hybridized carbons (Fsp3) is 0.480. The third kappa shape index (κ3) is 8.04. The van der Waals surface area contributed by atoms with Crippen LogP contribution in [-0.4, -0.2) is 64.9 Å². The summed E-state index contributed by atoms with van der Waals surface area (Å²) in [5, 5.41) is 6.83. The van der Waals surface area contributed by atoms with Gasteiger partial charge in [-0.2, -0.15) is 0 Å². The molecule has 1 saturated heterocycles. The standard InChI is InChI=1S/C25H36N4O3.HI/c1-26-25(27-14-17-32-19-20-10-4-6-12-23(20)30-2)28-18-22(29-15-8-9-16-29)21-11-5-7-13-24(21)31-3;/h4-7,10-13,22H,8-9,14-19H2,1-3H3,(H2,26,27,28);1H. The molecule has 0 spiro atoms. The third-order valence-corrected chi connectivity index (χ3v) is 5.75. The topological polar surface area (TPSA) is 67.4 Å². The average molecular weight is 569 g/mol. The first-order chi connectivity index (χ1) is 15.8. The van der Waals surface area contributed by atoms with Crippen LogP contribution in [0.15, 0.2) is 53.5 Å². The minimum Gasteiger partial charge on any atom is -0.496 e. The molecule has 1 aliphatic heterocycles. The van der Waals surface area contributed by atoms with Gasteiger partial charge in [0.15, 0.2) is 5.96 Å². The highest BCUT2D eigenvalue weighted by molar-refractivity contribution is 14.0. The fourth-order valence-electron chi connectivity index (χ4n) is 4.09. The van der Waals surface area contributed by atoms with Crippen LogP contribution < -0.4 is 20.1 Å². The Bertz CT molecular complexity index is 859. The van der Waals surface area contributed by atoms with Crippen molar-refractivity contribution in [3.05, 3.63) is 59.7 Å². The number of methoxy groups -OCH3 is 2. The molecule has 1 atom stereocenters. The molecule has 33 heavy (non-hydrogen) atoms. The zero-order valence-electron chi connectivity index (χ0n) is 19.9. The van der Waals surface area contributed by atoms with E-state index in [4.69, 9.17) is 14.2 Å². The van der Waals surface area contributed by atoms with Gasteiger partial charge in [-0.1, -0.05) is 36.4 Å². The molecule has 0 amide bonds. The lowest BCUT2D eigenvalue weighted by Crippen LogP contribution is -2.43. The van der Waals surface area contributed by atoms with Crippen molar-refractivity contribution in [3.63, 3.8) is 0 Å². The van der Waals surface area contributed by atoms with Crippen LogP contribution in [0, 0.1) is 0 Å². The largest absolute Gasteiger partial charge is 0.496 e. The predicted molar refractivity (Wildman–Crippen MR) is 144 cm³/mol. The lowest BCUT2D eigenvalue weighted by atomic mass is 10.0. The molecule has 0 aromatic heterocycles. The quantitative estimate of drug-likeness (QED) is 0.186. The van der Waals surface area contributed by atoms with E-state index in [-0.39, 0.29) is 30.0 Å². The Balaban J connectivity index is 0.00000385. The molecule has 0 bridgehead atoms. The van der Waals surface area contributed by atoms with Gasteiger partial charge in [0.25, 0.3) is 0 Å². The highest BCUT2D eigenvalue weighted by atomic mass is 127. The first-order valence-electron chi connectivity index (χ1n) is 11.3. The number of para-hydroxylation sites is 2. The molecule has 1 fully saturated rings. The number of hydrogen-bond donors (Lipinski definition) is 2. The summed E-state index contributed by atoms with van der Waals surface area (Å²) >= 11 is 0. The van der Waals surface area contributed by atoms with Crippen molar-refractivity contribution in [2.45, 2.75) is 25.5 Å². The Kier molecular flexibility index (Phi) is 12.3. The number of rotatable bonds is 11. The van der Waals surface area contributed by atoms with Crippen LogP contribution in [0.25, 0.3) is 0 Å². The number of nitrogens with one attached hydrogen (secondary N) is 2. The first-order valence-corrected chi connectivity index (χ1v) is 11.3. The summed E-state index contributed by atoms with van der Waals surface area (Å²) in [6.45, 7) is 4.71. The van der Waals surface area contributed by atoms with Crippen molar-refractivity contribution in [1.29, 1.82) is 0 Å². The molecular weight excluding hydrogens is 531 g/mol. The maximum atomic E-state index is 5.81. The zero-order valence-corrected chi connectivity index (χ0v) is 22.2. The molecule has 1 heterocycles. The number of hydrogen-bond acceptors (Lipinski definition) is 5. The monoisotopic (exact) mass is 568 g/mol.